The first kappa shape index (κ1) is 18.1. The lowest BCUT2D eigenvalue weighted by Gasteiger charge is -2.34. The van der Waals surface area contributed by atoms with E-state index in [1.807, 2.05) is 30.5 Å². The summed E-state index contributed by atoms with van der Waals surface area (Å²) in [5.74, 6) is 2.41. The molecule has 1 saturated heterocycles. The van der Waals surface area contributed by atoms with E-state index >= 15 is 0 Å². The lowest BCUT2D eigenvalue weighted by molar-refractivity contribution is -0.135. The predicted octanol–water partition coefficient (Wildman–Crippen LogP) is 1.55. The van der Waals surface area contributed by atoms with Crippen LogP contribution in [0.5, 0.6) is 0 Å². The van der Waals surface area contributed by atoms with E-state index in [1.54, 1.807) is 7.05 Å². The van der Waals surface area contributed by atoms with Crippen LogP contribution in [0.1, 0.15) is 33.1 Å². The van der Waals surface area contributed by atoms with Gasteiger partial charge in [-0.15, -0.1) is 0 Å². The number of carbonyl (C=O) groups excluding carboxylic acids is 1. The van der Waals surface area contributed by atoms with Gasteiger partial charge in [-0.1, -0.05) is 13.8 Å². The molecule has 0 saturated carbocycles. The maximum atomic E-state index is 12.0. The van der Waals surface area contributed by atoms with Crippen molar-refractivity contribution in [1.82, 2.24) is 15.5 Å². The number of nitrogens with one attached hydrogen (secondary N) is 2. The van der Waals surface area contributed by atoms with Gasteiger partial charge in [-0.25, -0.2) is 0 Å². The Kier molecular flexibility index (Phi) is 8.57. The van der Waals surface area contributed by atoms with Crippen molar-refractivity contribution in [3.63, 3.8) is 0 Å². The zero-order chi connectivity index (χ0) is 15.7. The van der Waals surface area contributed by atoms with Crippen LogP contribution in [0, 0.1) is 5.92 Å². The van der Waals surface area contributed by atoms with Gasteiger partial charge in [0.2, 0.25) is 5.91 Å². The Morgan fingerprint density at radius 3 is 2.57 bits per heavy atom. The number of hydrogen-bond acceptors (Lipinski definition) is 3. The molecular weight excluding hydrogens is 284 g/mol. The molecule has 1 fully saturated rings. The minimum atomic E-state index is 0.0976. The van der Waals surface area contributed by atoms with E-state index in [0.29, 0.717) is 6.04 Å². The Morgan fingerprint density at radius 2 is 2.05 bits per heavy atom. The molecule has 1 heterocycles. The van der Waals surface area contributed by atoms with Crippen LogP contribution >= 0.6 is 11.8 Å². The molecule has 0 spiro atoms. The summed E-state index contributed by atoms with van der Waals surface area (Å²) in [5, 5.41) is 6.81. The van der Waals surface area contributed by atoms with E-state index in [0.717, 1.165) is 44.9 Å². The molecule has 21 heavy (non-hydrogen) atoms. The molecule has 1 rings (SSSR count). The predicted molar refractivity (Wildman–Crippen MR) is 91.9 cm³/mol. The van der Waals surface area contributed by atoms with Crippen LogP contribution in [0.2, 0.25) is 0 Å². The zero-order valence-electron chi connectivity index (χ0n) is 13.8. The maximum Gasteiger partial charge on any atom is 0.225 e. The van der Waals surface area contributed by atoms with Gasteiger partial charge in [-0.3, -0.25) is 9.79 Å². The molecule has 0 atom stereocenters. The number of hydrogen-bond donors (Lipinski definition) is 2. The molecule has 0 unspecified atom stereocenters. The smallest absolute Gasteiger partial charge is 0.225 e. The first-order chi connectivity index (χ1) is 10.1. The lowest BCUT2D eigenvalue weighted by atomic mass is 10.0. The summed E-state index contributed by atoms with van der Waals surface area (Å²) < 4.78 is 0. The summed E-state index contributed by atoms with van der Waals surface area (Å²) in [4.78, 5) is 18.2. The van der Waals surface area contributed by atoms with E-state index in [4.69, 9.17) is 0 Å². The van der Waals surface area contributed by atoms with Crippen LogP contribution in [-0.4, -0.2) is 61.5 Å². The highest BCUT2D eigenvalue weighted by molar-refractivity contribution is 7.98. The van der Waals surface area contributed by atoms with E-state index in [1.165, 1.54) is 5.75 Å². The van der Waals surface area contributed by atoms with Crippen molar-refractivity contribution in [2.45, 2.75) is 39.2 Å². The Morgan fingerprint density at radius 1 is 1.38 bits per heavy atom. The van der Waals surface area contributed by atoms with Crippen LogP contribution < -0.4 is 10.6 Å². The van der Waals surface area contributed by atoms with Crippen molar-refractivity contribution in [2.75, 3.05) is 38.7 Å². The molecular formula is C15H30N4OS. The van der Waals surface area contributed by atoms with Gasteiger partial charge < -0.3 is 15.5 Å². The van der Waals surface area contributed by atoms with Crippen molar-refractivity contribution in [1.29, 1.82) is 0 Å². The normalized spacial score (nSPS) is 17.2. The molecule has 6 heteroatoms. The average Bonchev–Trinajstić information content (AvgIpc) is 2.50. The zero-order valence-corrected chi connectivity index (χ0v) is 14.6. The molecule has 0 bridgehead atoms. The number of thioether (sulfide) groups is 1. The van der Waals surface area contributed by atoms with Crippen molar-refractivity contribution in [3.8, 4) is 0 Å². The minimum Gasteiger partial charge on any atom is -0.356 e. The third-order valence-corrected chi connectivity index (χ3v) is 4.38. The number of amides is 1. The molecule has 2 N–H and O–H groups in total. The summed E-state index contributed by atoms with van der Waals surface area (Å²) in [7, 11) is 1.81. The van der Waals surface area contributed by atoms with Crippen LogP contribution in [-0.2, 0) is 4.79 Å². The summed E-state index contributed by atoms with van der Waals surface area (Å²) in [6.45, 7) is 6.57. The van der Waals surface area contributed by atoms with Gasteiger partial charge in [0, 0.05) is 38.6 Å². The molecule has 122 valence electrons. The van der Waals surface area contributed by atoms with Crippen LogP contribution in [0.3, 0.4) is 0 Å². The van der Waals surface area contributed by atoms with Gasteiger partial charge in [0.05, 0.1) is 0 Å². The van der Waals surface area contributed by atoms with E-state index in [-0.39, 0.29) is 11.8 Å². The Hall–Kier alpha value is -0.910. The molecule has 0 aromatic carbocycles. The molecule has 0 radical (unpaired) electrons. The van der Waals surface area contributed by atoms with Crippen molar-refractivity contribution in [2.24, 2.45) is 10.9 Å². The van der Waals surface area contributed by atoms with E-state index < -0.39 is 0 Å². The monoisotopic (exact) mass is 314 g/mol. The van der Waals surface area contributed by atoms with E-state index in [9.17, 15) is 4.79 Å². The van der Waals surface area contributed by atoms with Crippen molar-refractivity contribution in [3.05, 3.63) is 0 Å². The second kappa shape index (κ2) is 9.92. The van der Waals surface area contributed by atoms with Crippen molar-refractivity contribution >= 4 is 23.6 Å². The van der Waals surface area contributed by atoms with Gasteiger partial charge in [0.25, 0.3) is 0 Å². The highest BCUT2D eigenvalue weighted by Gasteiger charge is 2.24. The van der Waals surface area contributed by atoms with Crippen LogP contribution in [0.4, 0.5) is 0 Å². The van der Waals surface area contributed by atoms with Crippen molar-refractivity contribution < 1.29 is 4.79 Å². The molecule has 1 amide bonds. The molecule has 1 aliphatic heterocycles. The first-order valence-electron chi connectivity index (χ1n) is 7.83. The number of carbonyl (C=O) groups is 1. The minimum absolute atomic E-state index is 0.0976. The van der Waals surface area contributed by atoms with Crippen LogP contribution in [0.15, 0.2) is 4.99 Å². The lowest BCUT2D eigenvalue weighted by Crippen LogP contribution is -2.50. The SMILES string of the molecule is CN=C(NCCCSC)NC1CCN(C(=O)C(C)C)CC1. The summed E-state index contributed by atoms with van der Waals surface area (Å²) in [6, 6.07) is 0.410. The number of piperidine rings is 1. The van der Waals surface area contributed by atoms with Gasteiger partial charge >= 0.3 is 0 Å². The third kappa shape index (κ3) is 6.59. The largest absolute Gasteiger partial charge is 0.356 e. The number of guanidine groups is 1. The number of rotatable bonds is 6. The standard InChI is InChI=1S/C15H30N4OS/c1-12(2)14(20)19-9-6-13(7-10-19)18-15(16-3)17-8-5-11-21-4/h12-13H,5-11H2,1-4H3,(H2,16,17,18). The fourth-order valence-electron chi connectivity index (χ4n) is 2.42. The molecule has 0 aromatic heterocycles. The second-order valence-electron chi connectivity index (χ2n) is 5.74. The van der Waals surface area contributed by atoms with Gasteiger partial charge in [0.15, 0.2) is 5.96 Å². The highest BCUT2D eigenvalue weighted by atomic mass is 32.2. The number of aliphatic imine (C=N–C) groups is 1. The van der Waals surface area contributed by atoms with Crippen LogP contribution in [0.25, 0.3) is 0 Å². The number of nitrogens with zero attached hydrogens (tertiary/aromatic N) is 2. The molecule has 1 aliphatic rings. The molecule has 5 nitrogen and oxygen atoms in total. The summed E-state index contributed by atoms with van der Waals surface area (Å²) in [6.07, 6.45) is 5.25. The fourth-order valence-corrected chi connectivity index (χ4v) is 2.85. The van der Waals surface area contributed by atoms with Gasteiger partial charge in [-0.2, -0.15) is 11.8 Å². The average molecular weight is 314 g/mol. The summed E-state index contributed by atoms with van der Waals surface area (Å²) >= 11 is 1.86. The summed E-state index contributed by atoms with van der Waals surface area (Å²) in [5.41, 5.74) is 0. The topological polar surface area (TPSA) is 56.7 Å². The Bertz CT molecular complexity index is 339. The third-order valence-electron chi connectivity index (χ3n) is 3.68. The fraction of sp³-hybridized carbons (Fsp3) is 0.867. The second-order valence-corrected chi connectivity index (χ2v) is 6.73. The van der Waals surface area contributed by atoms with E-state index in [2.05, 4.69) is 21.9 Å². The van der Waals surface area contributed by atoms with Gasteiger partial charge in [0.1, 0.15) is 0 Å². The quantitative estimate of drug-likeness (QED) is 0.444. The Balaban J connectivity index is 2.28. The van der Waals surface area contributed by atoms with Gasteiger partial charge in [-0.05, 0) is 31.3 Å². The highest BCUT2D eigenvalue weighted by Crippen LogP contribution is 2.13. The molecule has 0 aromatic rings. The maximum absolute atomic E-state index is 12.0. The molecule has 0 aliphatic carbocycles. The number of likely N-dealkylation sites (tertiary alicyclic amines) is 1. The first-order valence-corrected chi connectivity index (χ1v) is 9.22. The Labute approximate surface area is 133 Å².